The van der Waals surface area contributed by atoms with Gasteiger partial charge in [0.15, 0.2) is 5.82 Å². The minimum Gasteiger partial charge on any atom is -0.364 e. The Morgan fingerprint density at radius 2 is 2.28 bits per heavy atom. The molecule has 1 saturated carbocycles. The standard InChI is InChI=1S/C13H19N5/c1-13(2)6-4-3-5-10(13)16-11-12-17-15-9-18(12)8-7-14-11/h7-10H,3-6H2,1-2H3,(H,14,16). The monoisotopic (exact) mass is 245 g/mol. The molecule has 0 spiro atoms. The van der Waals surface area contributed by atoms with Crippen LogP contribution in [0.2, 0.25) is 0 Å². The van der Waals surface area contributed by atoms with Gasteiger partial charge < -0.3 is 5.32 Å². The van der Waals surface area contributed by atoms with E-state index in [1.54, 1.807) is 12.5 Å². The van der Waals surface area contributed by atoms with Gasteiger partial charge in [0, 0.05) is 18.4 Å². The second kappa shape index (κ2) is 4.23. The van der Waals surface area contributed by atoms with Gasteiger partial charge >= 0.3 is 0 Å². The van der Waals surface area contributed by atoms with Gasteiger partial charge in [0.2, 0.25) is 5.65 Å². The fourth-order valence-corrected chi connectivity index (χ4v) is 2.79. The maximum atomic E-state index is 4.40. The van der Waals surface area contributed by atoms with E-state index in [4.69, 9.17) is 0 Å². The molecule has 1 aliphatic rings. The number of nitrogens with zero attached hydrogens (tertiary/aromatic N) is 4. The van der Waals surface area contributed by atoms with E-state index in [0.717, 1.165) is 11.5 Å². The maximum absolute atomic E-state index is 4.40. The van der Waals surface area contributed by atoms with Crippen molar-refractivity contribution in [1.82, 2.24) is 19.6 Å². The van der Waals surface area contributed by atoms with Crippen LogP contribution >= 0.6 is 0 Å². The minimum atomic E-state index is 0.312. The Morgan fingerprint density at radius 3 is 3.11 bits per heavy atom. The van der Waals surface area contributed by atoms with Gasteiger partial charge in [-0.1, -0.05) is 26.7 Å². The van der Waals surface area contributed by atoms with Crippen LogP contribution in [0.5, 0.6) is 0 Å². The fourth-order valence-electron chi connectivity index (χ4n) is 2.79. The van der Waals surface area contributed by atoms with Crippen molar-refractivity contribution in [3.63, 3.8) is 0 Å². The first-order valence-corrected chi connectivity index (χ1v) is 6.58. The molecule has 2 aromatic rings. The van der Waals surface area contributed by atoms with E-state index in [9.17, 15) is 0 Å². The van der Waals surface area contributed by atoms with Crippen LogP contribution in [0.15, 0.2) is 18.7 Å². The molecule has 0 radical (unpaired) electrons. The van der Waals surface area contributed by atoms with Gasteiger partial charge in [-0.15, -0.1) is 10.2 Å². The minimum absolute atomic E-state index is 0.312. The lowest BCUT2D eigenvalue weighted by atomic mass is 9.73. The van der Waals surface area contributed by atoms with Gasteiger partial charge in [0.25, 0.3) is 0 Å². The third kappa shape index (κ3) is 1.94. The first kappa shape index (κ1) is 11.4. The molecule has 0 amide bonds. The van der Waals surface area contributed by atoms with Crippen LogP contribution in [0.4, 0.5) is 5.82 Å². The highest BCUT2D eigenvalue weighted by molar-refractivity contribution is 5.61. The lowest BCUT2D eigenvalue weighted by molar-refractivity contribution is 0.217. The molecule has 18 heavy (non-hydrogen) atoms. The lowest BCUT2D eigenvalue weighted by Gasteiger charge is -2.39. The summed E-state index contributed by atoms with van der Waals surface area (Å²) < 4.78 is 1.89. The summed E-state index contributed by atoms with van der Waals surface area (Å²) in [6.45, 7) is 4.65. The highest BCUT2D eigenvalue weighted by Crippen LogP contribution is 2.37. The first-order chi connectivity index (χ1) is 8.67. The van der Waals surface area contributed by atoms with Crippen LogP contribution in [0.25, 0.3) is 5.65 Å². The molecule has 5 heteroatoms. The van der Waals surface area contributed by atoms with E-state index >= 15 is 0 Å². The quantitative estimate of drug-likeness (QED) is 0.883. The van der Waals surface area contributed by atoms with Crippen LogP contribution in [0.1, 0.15) is 39.5 Å². The van der Waals surface area contributed by atoms with E-state index < -0.39 is 0 Å². The highest BCUT2D eigenvalue weighted by Gasteiger charge is 2.32. The number of anilines is 1. The molecule has 3 rings (SSSR count). The smallest absolute Gasteiger partial charge is 0.203 e. The van der Waals surface area contributed by atoms with Crippen molar-refractivity contribution in [2.45, 2.75) is 45.6 Å². The Kier molecular flexibility index (Phi) is 2.69. The van der Waals surface area contributed by atoms with Gasteiger partial charge in [-0.3, -0.25) is 4.40 Å². The van der Waals surface area contributed by atoms with Gasteiger partial charge in [-0.05, 0) is 18.3 Å². The van der Waals surface area contributed by atoms with Crippen LogP contribution in [-0.2, 0) is 0 Å². The maximum Gasteiger partial charge on any atom is 0.203 e. The summed E-state index contributed by atoms with van der Waals surface area (Å²) in [7, 11) is 0. The van der Waals surface area contributed by atoms with Gasteiger partial charge in [-0.2, -0.15) is 0 Å². The van der Waals surface area contributed by atoms with Crippen molar-refractivity contribution in [2.24, 2.45) is 5.41 Å². The molecule has 1 unspecified atom stereocenters. The number of aromatic nitrogens is 4. The van der Waals surface area contributed by atoms with Crippen LogP contribution in [0, 0.1) is 5.41 Å². The zero-order chi connectivity index (χ0) is 12.6. The number of rotatable bonds is 2. The molecule has 0 saturated heterocycles. The zero-order valence-electron chi connectivity index (χ0n) is 10.9. The summed E-state index contributed by atoms with van der Waals surface area (Å²) >= 11 is 0. The first-order valence-electron chi connectivity index (χ1n) is 6.58. The molecule has 0 bridgehead atoms. The van der Waals surface area contributed by atoms with Crippen LogP contribution < -0.4 is 5.32 Å². The van der Waals surface area contributed by atoms with Crippen molar-refractivity contribution >= 4 is 11.5 Å². The molecule has 1 fully saturated rings. The molecule has 2 aromatic heterocycles. The fraction of sp³-hybridized carbons (Fsp3) is 0.615. The Bertz CT molecular complexity index is 545. The molecule has 0 aliphatic heterocycles. The Hall–Kier alpha value is -1.65. The Balaban J connectivity index is 1.89. The molecule has 5 nitrogen and oxygen atoms in total. The molecule has 1 aliphatic carbocycles. The Morgan fingerprint density at radius 1 is 1.39 bits per heavy atom. The highest BCUT2D eigenvalue weighted by atomic mass is 15.2. The van der Waals surface area contributed by atoms with E-state index in [1.165, 1.54) is 25.7 Å². The average molecular weight is 245 g/mol. The third-order valence-corrected chi connectivity index (χ3v) is 4.03. The SMILES string of the molecule is CC1(C)CCCCC1Nc1nccn2cnnc12. The lowest BCUT2D eigenvalue weighted by Crippen LogP contribution is -2.39. The van der Waals surface area contributed by atoms with Crippen molar-refractivity contribution in [3.8, 4) is 0 Å². The zero-order valence-corrected chi connectivity index (χ0v) is 10.9. The summed E-state index contributed by atoms with van der Waals surface area (Å²) in [5, 5.41) is 11.6. The largest absolute Gasteiger partial charge is 0.364 e. The van der Waals surface area contributed by atoms with Crippen molar-refractivity contribution < 1.29 is 0 Å². The number of fused-ring (bicyclic) bond motifs is 1. The molecule has 0 aromatic carbocycles. The van der Waals surface area contributed by atoms with Gasteiger partial charge in [0.05, 0.1) is 0 Å². The summed E-state index contributed by atoms with van der Waals surface area (Å²) in [6.07, 6.45) is 10.4. The molecular weight excluding hydrogens is 226 g/mol. The van der Waals surface area contributed by atoms with E-state index in [0.29, 0.717) is 11.5 Å². The van der Waals surface area contributed by atoms with Crippen molar-refractivity contribution in [1.29, 1.82) is 0 Å². The summed E-state index contributed by atoms with van der Waals surface area (Å²) in [6, 6.07) is 0.460. The molecule has 1 atom stereocenters. The van der Waals surface area contributed by atoms with Gasteiger partial charge in [0.1, 0.15) is 6.33 Å². The van der Waals surface area contributed by atoms with Gasteiger partial charge in [-0.25, -0.2) is 4.98 Å². The molecule has 96 valence electrons. The predicted molar refractivity (Wildman–Crippen MR) is 70.4 cm³/mol. The summed E-state index contributed by atoms with van der Waals surface area (Å²) in [4.78, 5) is 4.40. The topological polar surface area (TPSA) is 55.1 Å². The molecule has 1 N–H and O–H groups in total. The number of nitrogens with one attached hydrogen (secondary N) is 1. The number of hydrogen-bond donors (Lipinski definition) is 1. The van der Waals surface area contributed by atoms with Crippen LogP contribution in [0.3, 0.4) is 0 Å². The average Bonchev–Trinajstić information content (AvgIpc) is 2.81. The summed E-state index contributed by atoms with van der Waals surface area (Å²) in [5.74, 6) is 0.843. The van der Waals surface area contributed by atoms with Crippen molar-refractivity contribution in [3.05, 3.63) is 18.7 Å². The second-order valence-corrected chi connectivity index (χ2v) is 5.77. The molecule has 2 heterocycles. The predicted octanol–water partition coefficient (Wildman–Crippen LogP) is 2.50. The number of hydrogen-bond acceptors (Lipinski definition) is 4. The normalized spacial score (nSPS) is 23.1. The third-order valence-electron chi connectivity index (χ3n) is 4.03. The Labute approximate surface area is 107 Å². The summed E-state index contributed by atoms with van der Waals surface area (Å²) in [5.41, 5.74) is 1.12. The van der Waals surface area contributed by atoms with E-state index in [2.05, 4.69) is 34.3 Å². The second-order valence-electron chi connectivity index (χ2n) is 5.77. The van der Waals surface area contributed by atoms with E-state index in [1.807, 2.05) is 10.6 Å². The van der Waals surface area contributed by atoms with Crippen LogP contribution in [-0.4, -0.2) is 25.6 Å². The van der Waals surface area contributed by atoms with E-state index in [-0.39, 0.29) is 0 Å². The van der Waals surface area contributed by atoms with Crippen molar-refractivity contribution in [2.75, 3.05) is 5.32 Å². The molecular formula is C13H19N5.